The van der Waals surface area contributed by atoms with E-state index in [1.807, 2.05) is 32.0 Å². The first kappa shape index (κ1) is 19.4. The van der Waals surface area contributed by atoms with Crippen LogP contribution in [0.2, 0.25) is 0 Å². The molecule has 0 atom stereocenters. The van der Waals surface area contributed by atoms with E-state index < -0.39 is 0 Å². The van der Waals surface area contributed by atoms with Gasteiger partial charge < -0.3 is 9.73 Å². The Hall–Kier alpha value is -2.38. The Labute approximate surface area is 167 Å². The third-order valence-corrected chi connectivity index (χ3v) is 5.73. The highest BCUT2D eigenvalue weighted by Gasteiger charge is 2.31. The number of carbonyl (C=O) groups is 2. The van der Waals surface area contributed by atoms with Crippen molar-refractivity contribution in [2.45, 2.75) is 26.7 Å². The lowest BCUT2D eigenvalue weighted by atomic mass is 10.1. The number of hydrogen-bond donors (Lipinski definition) is 1. The number of aryl methyl sites for hydroxylation is 1. The van der Waals surface area contributed by atoms with Gasteiger partial charge in [0.25, 0.3) is 5.91 Å². The summed E-state index contributed by atoms with van der Waals surface area (Å²) >= 11 is 6.56. The quantitative estimate of drug-likeness (QED) is 0.571. The second-order valence-electron chi connectivity index (χ2n) is 6.25. The smallest absolute Gasteiger partial charge is 0.266 e. The second-order valence-corrected chi connectivity index (χ2v) is 7.92. The molecule has 7 heteroatoms. The summed E-state index contributed by atoms with van der Waals surface area (Å²) < 4.78 is 5.75. The second kappa shape index (κ2) is 8.54. The van der Waals surface area contributed by atoms with Crippen molar-refractivity contribution in [2.75, 3.05) is 11.9 Å². The molecule has 27 heavy (non-hydrogen) atoms. The van der Waals surface area contributed by atoms with E-state index in [0.717, 1.165) is 16.8 Å². The Morgan fingerprint density at radius 1 is 1.30 bits per heavy atom. The van der Waals surface area contributed by atoms with Crippen molar-refractivity contribution in [2.24, 2.45) is 0 Å². The van der Waals surface area contributed by atoms with Crippen LogP contribution in [0.4, 0.5) is 5.69 Å². The van der Waals surface area contributed by atoms with Crippen LogP contribution in [0.3, 0.4) is 0 Å². The van der Waals surface area contributed by atoms with Crippen molar-refractivity contribution in [1.29, 1.82) is 0 Å². The number of rotatable bonds is 6. The van der Waals surface area contributed by atoms with Crippen molar-refractivity contribution in [3.05, 3.63) is 58.4 Å². The van der Waals surface area contributed by atoms with Gasteiger partial charge >= 0.3 is 0 Å². The first-order valence-corrected chi connectivity index (χ1v) is 9.83. The van der Waals surface area contributed by atoms with Gasteiger partial charge in [-0.1, -0.05) is 36.1 Å². The molecule has 0 bridgehead atoms. The fraction of sp³-hybridized carbons (Fsp3) is 0.250. The van der Waals surface area contributed by atoms with Crippen molar-refractivity contribution < 1.29 is 14.0 Å². The molecule has 2 heterocycles. The van der Waals surface area contributed by atoms with E-state index in [0.29, 0.717) is 34.4 Å². The van der Waals surface area contributed by atoms with Gasteiger partial charge in [0.05, 0.1) is 11.2 Å². The zero-order chi connectivity index (χ0) is 19.4. The van der Waals surface area contributed by atoms with Gasteiger partial charge in [0.15, 0.2) is 0 Å². The normalized spacial score (nSPS) is 15.6. The summed E-state index contributed by atoms with van der Waals surface area (Å²) in [5, 5.41) is 2.93. The molecule has 1 N–H and O–H groups in total. The van der Waals surface area contributed by atoms with Gasteiger partial charge in [0.1, 0.15) is 10.1 Å². The van der Waals surface area contributed by atoms with Crippen molar-refractivity contribution in [3.8, 4) is 0 Å². The van der Waals surface area contributed by atoms with Gasteiger partial charge in [-0.15, -0.1) is 0 Å². The number of amides is 2. The van der Waals surface area contributed by atoms with Crippen LogP contribution in [0, 0.1) is 13.8 Å². The maximum Gasteiger partial charge on any atom is 0.266 e. The number of thioether (sulfide) groups is 1. The largest absolute Gasteiger partial charge is 0.465 e. The molecule has 0 aliphatic carbocycles. The van der Waals surface area contributed by atoms with Crippen LogP contribution in [-0.4, -0.2) is 27.6 Å². The summed E-state index contributed by atoms with van der Waals surface area (Å²) in [6.07, 6.45) is 4.10. The van der Waals surface area contributed by atoms with Crippen molar-refractivity contribution in [3.63, 3.8) is 0 Å². The van der Waals surface area contributed by atoms with Gasteiger partial charge in [0.2, 0.25) is 5.91 Å². The number of hydrogen-bond acceptors (Lipinski definition) is 5. The first-order chi connectivity index (χ1) is 13.0. The molecule has 1 aliphatic heterocycles. The van der Waals surface area contributed by atoms with Crippen LogP contribution in [0.1, 0.15) is 29.7 Å². The number of nitrogens with one attached hydrogen (secondary N) is 1. The molecule has 0 radical (unpaired) electrons. The van der Waals surface area contributed by atoms with Crippen LogP contribution < -0.4 is 5.32 Å². The summed E-state index contributed by atoms with van der Waals surface area (Å²) in [5.74, 6) is 0.403. The Balaban J connectivity index is 1.52. The number of anilines is 1. The van der Waals surface area contributed by atoms with Gasteiger partial charge in [-0.3, -0.25) is 14.5 Å². The fourth-order valence-corrected chi connectivity index (χ4v) is 3.98. The van der Waals surface area contributed by atoms with Gasteiger partial charge in [0, 0.05) is 24.7 Å². The van der Waals surface area contributed by atoms with Crippen LogP contribution in [0.15, 0.2) is 45.9 Å². The predicted molar refractivity (Wildman–Crippen MR) is 112 cm³/mol. The third kappa shape index (κ3) is 4.67. The average Bonchev–Trinajstić information content (AvgIpc) is 3.23. The monoisotopic (exact) mass is 400 g/mol. The van der Waals surface area contributed by atoms with Crippen LogP contribution in [-0.2, 0) is 9.59 Å². The number of carbonyl (C=O) groups excluding carboxylic acids is 2. The zero-order valence-corrected chi connectivity index (χ0v) is 16.8. The van der Waals surface area contributed by atoms with Crippen molar-refractivity contribution in [1.82, 2.24) is 4.90 Å². The number of thiocarbonyl (C=S) groups is 1. The summed E-state index contributed by atoms with van der Waals surface area (Å²) in [6, 6.07) is 9.37. The van der Waals surface area contributed by atoms with Gasteiger partial charge in [-0.05, 0) is 49.6 Å². The Kier molecular flexibility index (Phi) is 6.13. The predicted octanol–water partition coefficient (Wildman–Crippen LogP) is 4.52. The summed E-state index contributed by atoms with van der Waals surface area (Å²) in [7, 11) is 0. The molecule has 1 saturated heterocycles. The van der Waals surface area contributed by atoms with Gasteiger partial charge in [-0.25, -0.2) is 0 Å². The van der Waals surface area contributed by atoms with Crippen molar-refractivity contribution >= 4 is 51.9 Å². The Bertz CT molecular complexity index is 904. The van der Waals surface area contributed by atoms with E-state index in [1.54, 1.807) is 29.4 Å². The Morgan fingerprint density at radius 3 is 2.85 bits per heavy atom. The third-order valence-electron chi connectivity index (χ3n) is 4.35. The van der Waals surface area contributed by atoms with E-state index >= 15 is 0 Å². The molecule has 3 rings (SSSR count). The summed E-state index contributed by atoms with van der Waals surface area (Å²) in [6.45, 7) is 4.41. The summed E-state index contributed by atoms with van der Waals surface area (Å²) in [4.78, 5) is 26.8. The molecule has 5 nitrogen and oxygen atoms in total. The number of nitrogens with zero attached hydrogens (tertiary/aromatic N) is 1. The maximum absolute atomic E-state index is 12.5. The lowest BCUT2D eigenvalue weighted by Crippen LogP contribution is -2.29. The lowest BCUT2D eigenvalue weighted by Gasteiger charge is -2.14. The maximum atomic E-state index is 12.5. The molecular weight excluding hydrogens is 380 g/mol. The highest BCUT2D eigenvalue weighted by Crippen LogP contribution is 2.32. The average molecular weight is 401 g/mol. The zero-order valence-electron chi connectivity index (χ0n) is 15.2. The minimum absolute atomic E-state index is 0.0692. The highest BCUT2D eigenvalue weighted by molar-refractivity contribution is 8.26. The van der Waals surface area contributed by atoms with Crippen LogP contribution in [0.5, 0.6) is 0 Å². The standard InChI is InChI=1S/C20H20N2O3S2/c1-13-6-3-8-16(14(13)2)21-18(23)9-4-10-22-19(24)17(27-20(22)26)12-15-7-5-11-25-15/h3,5-8,11-12H,4,9-10H2,1-2H3,(H,21,23). The molecule has 0 spiro atoms. The van der Waals surface area contributed by atoms with E-state index in [-0.39, 0.29) is 11.8 Å². The Morgan fingerprint density at radius 2 is 2.11 bits per heavy atom. The van der Waals surface area contributed by atoms with E-state index in [4.69, 9.17) is 16.6 Å². The first-order valence-electron chi connectivity index (χ1n) is 8.60. The van der Waals surface area contributed by atoms with E-state index in [2.05, 4.69) is 5.32 Å². The minimum atomic E-state index is -0.142. The number of benzene rings is 1. The van der Waals surface area contributed by atoms with Gasteiger partial charge in [-0.2, -0.15) is 0 Å². The molecule has 1 aromatic heterocycles. The molecule has 140 valence electrons. The van der Waals surface area contributed by atoms with Crippen LogP contribution >= 0.6 is 24.0 Å². The highest BCUT2D eigenvalue weighted by atomic mass is 32.2. The SMILES string of the molecule is Cc1cccc(NC(=O)CCCN2C(=O)C(=Cc3ccco3)SC2=S)c1C. The fourth-order valence-electron chi connectivity index (χ4n) is 2.69. The van der Waals surface area contributed by atoms with E-state index in [9.17, 15) is 9.59 Å². The lowest BCUT2D eigenvalue weighted by molar-refractivity contribution is -0.122. The number of furan rings is 1. The van der Waals surface area contributed by atoms with Crippen LogP contribution in [0.25, 0.3) is 6.08 Å². The molecule has 2 amide bonds. The molecular formula is C20H20N2O3S2. The topological polar surface area (TPSA) is 62.6 Å². The molecule has 1 fully saturated rings. The van der Waals surface area contributed by atoms with E-state index in [1.165, 1.54) is 11.8 Å². The minimum Gasteiger partial charge on any atom is -0.465 e. The molecule has 0 saturated carbocycles. The molecule has 0 unspecified atom stereocenters. The molecule has 1 aliphatic rings. The molecule has 1 aromatic carbocycles. The molecule has 2 aromatic rings. The summed E-state index contributed by atoms with van der Waals surface area (Å²) in [5.41, 5.74) is 3.02.